The number of carbonyl (C=O) groups is 2. The SMILES string of the molecule is O=C(NC1CCN(CC(F)(F)F)C1=O)N1CCC(n2ccnc2)CC1. The van der Waals surface area contributed by atoms with Crippen LogP contribution in [0.3, 0.4) is 0 Å². The van der Waals surface area contributed by atoms with Crippen LogP contribution in [0.1, 0.15) is 25.3 Å². The van der Waals surface area contributed by atoms with Crippen molar-refractivity contribution in [3.8, 4) is 0 Å². The van der Waals surface area contributed by atoms with E-state index in [0.717, 1.165) is 17.7 Å². The molecule has 7 nitrogen and oxygen atoms in total. The molecule has 3 rings (SSSR count). The summed E-state index contributed by atoms with van der Waals surface area (Å²) in [5, 5.41) is 2.57. The highest BCUT2D eigenvalue weighted by Crippen LogP contribution is 2.23. The van der Waals surface area contributed by atoms with Gasteiger partial charge in [-0.2, -0.15) is 13.2 Å². The second-order valence-corrected chi connectivity index (χ2v) is 6.39. The zero-order valence-corrected chi connectivity index (χ0v) is 13.6. The Kier molecular flexibility index (Phi) is 4.87. The van der Waals surface area contributed by atoms with Crippen LogP contribution in [0.5, 0.6) is 0 Å². The van der Waals surface area contributed by atoms with Crippen LogP contribution in [0.2, 0.25) is 0 Å². The van der Waals surface area contributed by atoms with Crippen molar-refractivity contribution in [2.45, 2.75) is 37.5 Å². The molecule has 1 unspecified atom stereocenters. The highest BCUT2D eigenvalue weighted by Gasteiger charge is 2.40. The maximum absolute atomic E-state index is 12.4. The number of nitrogens with zero attached hydrogens (tertiary/aromatic N) is 4. The molecule has 0 aromatic carbocycles. The highest BCUT2D eigenvalue weighted by atomic mass is 19.4. The number of imidazole rings is 1. The summed E-state index contributed by atoms with van der Waals surface area (Å²) in [5.41, 5.74) is 0. The number of amides is 3. The average molecular weight is 359 g/mol. The molecule has 0 saturated carbocycles. The fourth-order valence-corrected chi connectivity index (χ4v) is 3.34. The minimum atomic E-state index is -4.43. The van der Waals surface area contributed by atoms with Gasteiger partial charge >= 0.3 is 12.2 Å². The number of hydrogen-bond acceptors (Lipinski definition) is 3. The minimum Gasteiger partial charge on any atom is -0.334 e. The molecule has 2 fully saturated rings. The number of halogens is 3. The molecule has 25 heavy (non-hydrogen) atoms. The molecule has 1 aromatic rings. The molecule has 10 heteroatoms. The number of hydrogen-bond donors (Lipinski definition) is 1. The molecule has 0 bridgehead atoms. The summed E-state index contributed by atoms with van der Waals surface area (Å²) < 4.78 is 39.3. The van der Waals surface area contributed by atoms with Gasteiger partial charge in [0, 0.05) is 38.1 Å². The second kappa shape index (κ2) is 6.93. The first kappa shape index (κ1) is 17.6. The van der Waals surface area contributed by atoms with Gasteiger partial charge < -0.3 is 19.7 Å². The largest absolute Gasteiger partial charge is 0.406 e. The quantitative estimate of drug-likeness (QED) is 0.887. The Labute approximate surface area is 142 Å². The summed E-state index contributed by atoms with van der Waals surface area (Å²) in [6.07, 6.45) is 2.64. The molecule has 0 aliphatic carbocycles. The smallest absolute Gasteiger partial charge is 0.334 e. The van der Waals surface area contributed by atoms with E-state index >= 15 is 0 Å². The van der Waals surface area contributed by atoms with E-state index in [1.807, 2.05) is 10.8 Å². The third kappa shape index (κ3) is 4.23. The Bertz CT molecular complexity index is 611. The van der Waals surface area contributed by atoms with Gasteiger partial charge in [-0.1, -0.05) is 0 Å². The van der Waals surface area contributed by atoms with Gasteiger partial charge in [0.15, 0.2) is 0 Å². The van der Waals surface area contributed by atoms with Gasteiger partial charge in [-0.05, 0) is 19.3 Å². The van der Waals surface area contributed by atoms with Gasteiger partial charge in [-0.25, -0.2) is 9.78 Å². The van der Waals surface area contributed by atoms with Crippen LogP contribution in [0.15, 0.2) is 18.7 Å². The van der Waals surface area contributed by atoms with E-state index in [9.17, 15) is 22.8 Å². The summed E-state index contributed by atoms with van der Waals surface area (Å²) in [4.78, 5) is 30.6. The van der Waals surface area contributed by atoms with E-state index < -0.39 is 30.7 Å². The number of likely N-dealkylation sites (tertiary alicyclic amines) is 2. The van der Waals surface area contributed by atoms with Crippen molar-refractivity contribution in [3.63, 3.8) is 0 Å². The molecule has 1 atom stereocenters. The zero-order chi connectivity index (χ0) is 18.0. The molecular formula is C15H20F3N5O2. The summed E-state index contributed by atoms with van der Waals surface area (Å²) in [7, 11) is 0. The molecule has 3 amide bonds. The van der Waals surface area contributed by atoms with Gasteiger partial charge in [-0.3, -0.25) is 4.79 Å². The van der Waals surface area contributed by atoms with Crippen LogP contribution in [0, 0.1) is 0 Å². The van der Waals surface area contributed by atoms with Crippen LogP contribution in [-0.4, -0.2) is 69.7 Å². The van der Waals surface area contributed by atoms with Gasteiger partial charge in [-0.15, -0.1) is 0 Å². The fraction of sp³-hybridized carbons (Fsp3) is 0.667. The summed E-state index contributed by atoms with van der Waals surface area (Å²) >= 11 is 0. The van der Waals surface area contributed by atoms with Crippen molar-refractivity contribution in [2.75, 3.05) is 26.2 Å². The van der Waals surface area contributed by atoms with E-state index in [1.54, 1.807) is 17.4 Å². The van der Waals surface area contributed by atoms with Crippen LogP contribution in [0.25, 0.3) is 0 Å². The number of urea groups is 1. The predicted molar refractivity (Wildman–Crippen MR) is 81.6 cm³/mol. The summed E-state index contributed by atoms with van der Waals surface area (Å²) in [5.74, 6) is -0.668. The Morgan fingerprint density at radius 1 is 1.24 bits per heavy atom. The maximum Gasteiger partial charge on any atom is 0.406 e. The molecule has 138 valence electrons. The van der Waals surface area contributed by atoms with Crippen LogP contribution >= 0.6 is 0 Å². The van der Waals surface area contributed by atoms with Crippen molar-refractivity contribution in [2.24, 2.45) is 0 Å². The zero-order valence-electron chi connectivity index (χ0n) is 13.6. The lowest BCUT2D eigenvalue weighted by Gasteiger charge is -2.33. The number of alkyl halides is 3. The monoisotopic (exact) mass is 359 g/mol. The van der Waals surface area contributed by atoms with Crippen molar-refractivity contribution in [1.82, 2.24) is 24.7 Å². The predicted octanol–water partition coefficient (Wildman–Crippen LogP) is 1.39. The van der Waals surface area contributed by atoms with Gasteiger partial charge in [0.05, 0.1) is 6.33 Å². The Morgan fingerprint density at radius 2 is 1.96 bits per heavy atom. The number of rotatable bonds is 3. The lowest BCUT2D eigenvalue weighted by Crippen LogP contribution is -2.50. The lowest BCUT2D eigenvalue weighted by atomic mass is 10.1. The normalized spacial score (nSPS) is 22.5. The van der Waals surface area contributed by atoms with Gasteiger partial charge in [0.1, 0.15) is 12.6 Å². The molecule has 1 N–H and O–H groups in total. The molecule has 2 aliphatic heterocycles. The number of nitrogens with one attached hydrogen (secondary N) is 1. The lowest BCUT2D eigenvalue weighted by molar-refractivity contribution is -0.157. The molecule has 3 heterocycles. The van der Waals surface area contributed by atoms with Crippen molar-refractivity contribution in [1.29, 1.82) is 0 Å². The minimum absolute atomic E-state index is 0.00595. The topological polar surface area (TPSA) is 70.5 Å². The van der Waals surface area contributed by atoms with E-state index in [4.69, 9.17) is 0 Å². The first-order chi connectivity index (χ1) is 11.8. The number of aromatic nitrogens is 2. The van der Waals surface area contributed by atoms with Crippen molar-refractivity contribution >= 4 is 11.9 Å². The average Bonchev–Trinajstić information content (AvgIpc) is 3.19. The van der Waals surface area contributed by atoms with E-state index in [0.29, 0.717) is 13.1 Å². The summed E-state index contributed by atoms with van der Waals surface area (Å²) in [6.45, 7) is -0.204. The molecule has 1 aromatic heterocycles. The Balaban J connectivity index is 1.48. The molecule has 0 spiro atoms. The van der Waals surface area contributed by atoms with E-state index in [2.05, 4.69) is 10.3 Å². The third-order valence-corrected chi connectivity index (χ3v) is 4.66. The van der Waals surface area contributed by atoms with Crippen LogP contribution in [0.4, 0.5) is 18.0 Å². The maximum atomic E-state index is 12.4. The van der Waals surface area contributed by atoms with Crippen LogP contribution < -0.4 is 5.32 Å². The van der Waals surface area contributed by atoms with Gasteiger partial charge in [0.25, 0.3) is 0 Å². The second-order valence-electron chi connectivity index (χ2n) is 6.39. The Hall–Kier alpha value is -2.26. The number of carbonyl (C=O) groups excluding carboxylic acids is 2. The third-order valence-electron chi connectivity index (χ3n) is 4.66. The fourth-order valence-electron chi connectivity index (χ4n) is 3.34. The number of piperidine rings is 1. The molecule has 2 saturated heterocycles. The first-order valence-electron chi connectivity index (χ1n) is 8.22. The summed E-state index contributed by atoms with van der Waals surface area (Å²) in [6, 6.07) is -0.987. The van der Waals surface area contributed by atoms with Crippen LogP contribution in [-0.2, 0) is 4.79 Å². The van der Waals surface area contributed by atoms with Crippen molar-refractivity contribution < 1.29 is 22.8 Å². The first-order valence-corrected chi connectivity index (χ1v) is 8.22. The standard InChI is InChI=1S/C15H20F3N5O2/c16-15(17,18)9-22-7-3-12(13(22)24)20-14(25)21-5-1-11(2-6-21)23-8-4-19-10-23/h4,8,10-12H,1-3,5-7,9H2,(H,20,25). The van der Waals surface area contributed by atoms with Crippen molar-refractivity contribution in [3.05, 3.63) is 18.7 Å². The van der Waals surface area contributed by atoms with Gasteiger partial charge in [0.2, 0.25) is 5.91 Å². The molecule has 0 radical (unpaired) electrons. The van der Waals surface area contributed by atoms with E-state index in [-0.39, 0.29) is 19.0 Å². The Morgan fingerprint density at radius 3 is 2.56 bits per heavy atom. The van der Waals surface area contributed by atoms with E-state index in [1.165, 1.54) is 0 Å². The molecule has 2 aliphatic rings. The molecular weight excluding hydrogens is 339 g/mol. The highest BCUT2D eigenvalue weighted by molar-refractivity contribution is 5.88.